The molecule has 0 amide bonds. The number of ether oxygens (including phenoxy) is 3. The van der Waals surface area contributed by atoms with Crippen LogP contribution < -0.4 is 0 Å². The zero-order chi connectivity index (χ0) is 19.7. The highest BCUT2D eigenvalue weighted by molar-refractivity contribution is 5.66. The summed E-state index contributed by atoms with van der Waals surface area (Å²) >= 11 is 0. The first-order valence-corrected chi connectivity index (χ1v) is 10.7. The predicted octanol–water partition coefficient (Wildman–Crippen LogP) is 3.82. The van der Waals surface area contributed by atoms with Crippen LogP contribution in [0.1, 0.15) is 79.6 Å². The molecule has 0 bridgehead atoms. The summed E-state index contributed by atoms with van der Waals surface area (Å²) in [4.78, 5) is 11.9. The highest BCUT2D eigenvalue weighted by atomic mass is 16.7. The number of rotatable bonds is 1. The minimum absolute atomic E-state index is 0.0617. The molecule has 5 heteroatoms. The number of aliphatic hydroxyl groups excluding tert-OH is 1. The number of hydrogen-bond acceptors (Lipinski definition) is 5. The van der Waals surface area contributed by atoms with Gasteiger partial charge in [-0.15, -0.1) is 0 Å². The van der Waals surface area contributed by atoms with Crippen LogP contribution in [0.2, 0.25) is 0 Å². The van der Waals surface area contributed by atoms with Crippen molar-refractivity contribution in [1.29, 1.82) is 0 Å². The molecule has 2 heterocycles. The van der Waals surface area contributed by atoms with Crippen LogP contribution in [0.15, 0.2) is 0 Å². The lowest BCUT2D eigenvalue weighted by Gasteiger charge is -2.65. The molecule has 154 valence electrons. The fraction of sp³-hybridized carbons (Fsp3) is 0.955. The summed E-state index contributed by atoms with van der Waals surface area (Å²) in [6.45, 7) is 11.4. The molecule has 27 heavy (non-hydrogen) atoms. The third kappa shape index (κ3) is 2.64. The van der Waals surface area contributed by atoms with Crippen LogP contribution in [0.25, 0.3) is 0 Å². The van der Waals surface area contributed by atoms with Gasteiger partial charge in [-0.3, -0.25) is 4.79 Å². The smallest absolute Gasteiger partial charge is 0.302 e. The van der Waals surface area contributed by atoms with Crippen molar-refractivity contribution in [3.8, 4) is 0 Å². The maximum atomic E-state index is 11.9. The summed E-state index contributed by atoms with van der Waals surface area (Å²) in [5, 5.41) is 10.5. The fourth-order valence-electron chi connectivity index (χ4n) is 7.62. The third-order valence-corrected chi connectivity index (χ3v) is 8.64. The van der Waals surface area contributed by atoms with Crippen molar-refractivity contribution in [2.24, 2.45) is 22.7 Å². The normalized spacial score (nSPS) is 51.5. The molecule has 2 spiro atoms. The van der Waals surface area contributed by atoms with E-state index < -0.39 is 11.9 Å². The summed E-state index contributed by atoms with van der Waals surface area (Å²) < 4.78 is 18.4. The number of fused-ring (bicyclic) bond motifs is 2. The van der Waals surface area contributed by atoms with Gasteiger partial charge < -0.3 is 19.3 Å². The number of carbonyl (C=O) groups is 1. The zero-order valence-electron chi connectivity index (χ0n) is 17.5. The minimum atomic E-state index is -0.825. The standard InChI is InChI=1S/C22H36O5/c1-14-13-16(26-15(2)23)17-19(3,4)7-6-8-20(17,5)22(14)10-9-21(27-22)11-12-25-18(21)24/h14,16-18,24H,6-13H2,1-5H3/t14-,16-,17+,18?,20+,21+,22-/m1/s1. The number of carbonyl (C=O) groups excluding carboxylic acids is 1. The predicted molar refractivity (Wildman–Crippen MR) is 101 cm³/mol. The van der Waals surface area contributed by atoms with Gasteiger partial charge in [0.2, 0.25) is 0 Å². The molecule has 1 N–H and O–H groups in total. The van der Waals surface area contributed by atoms with E-state index in [9.17, 15) is 9.90 Å². The first-order valence-electron chi connectivity index (χ1n) is 10.7. The second-order valence-electron chi connectivity index (χ2n) is 10.6. The van der Waals surface area contributed by atoms with E-state index in [1.807, 2.05) is 0 Å². The van der Waals surface area contributed by atoms with E-state index in [1.54, 1.807) is 0 Å². The summed E-state index contributed by atoms with van der Waals surface area (Å²) in [5.74, 6) is 0.341. The molecule has 0 aromatic heterocycles. The van der Waals surface area contributed by atoms with Crippen molar-refractivity contribution in [1.82, 2.24) is 0 Å². The Morgan fingerprint density at radius 3 is 2.48 bits per heavy atom. The topological polar surface area (TPSA) is 65.0 Å². The molecule has 0 aromatic carbocycles. The van der Waals surface area contributed by atoms with Crippen molar-refractivity contribution in [2.45, 2.75) is 103 Å². The van der Waals surface area contributed by atoms with Crippen LogP contribution in [0.3, 0.4) is 0 Å². The molecule has 4 rings (SSSR count). The van der Waals surface area contributed by atoms with Crippen LogP contribution in [0, 0.1) is 22.7 Å². The monoisotopic (exact) mass is 380 g/mol. The molecule has 0 radical (unpaired) electrons. The van der Waals surface area contributed by atoms with Crippen LogP contribution in [-0.2, 0) is 19.0 Å². The molecule has 4 aliphatic rings. The Morgan fingerprint density at radius 2 is 1.85 bits per heavy atom. The Hall–Kier alpha value is -0.650. The van der Waals surface area contributed by atoms with E-state index in [0.717, 1.165) is 44.9 Å². The van der Waals surface area contributed by atoms with Gasteiger partial charge in [-0.05, 0) is 43.4 Å². The molecule has 7 atom stereocenters. The maximum absolute atomic E-state index is 11.9. The first-order chi connectivity index (χ1) is 12.6. The highest BCUT2D eigenvalue weighted by Crippen LogP contribution is 2.68. The van der Waals surface area contributed by atoms with Gasteiger partial charge in [-0.2, -0.15) is 0 Å². The average Bonchev–Trinajstić information content (AvgIpc) is 3.10. The minimum Gasteiger partial charge on any atom is -0.462 e. The summed E-state index contributed by atoms with van der Waals surface area (Å²) in [6, 6.07) is 0. The van der Waals surface area contributed by atoms with Gasteiger partial charge in [0.1, 0.15) is 11.7 Å². The molecular formula is C22H36O5. The maximum Gasteiger partial charge on any atom is 0.302 e. The molecule has 0 aromatic rings. The third-order valence-electron chi connectivity index (χ3n) is 8.64. The summed E-state index contributed by atoms with van der Waals surface area (Å²) in [6.07, 6.45) is 5.89. The largest absolute Gasteiger partial charge is 0.462 e. The van der Waals surface area contributed by atoms with Crippen molar-refractivity contribution < 1.29 is 24.1 Å². The van der Waals surface area contributed by atoms with Gasteiger partial charge in [0.05, 0.1) is 12.2 Å². The lowest BCUT2D eigenvalue weighted by atomic mass is 9.43. The average molecular weight is 381 g/mol. The van der Waals surface area contributed by atoms with E-state index in [-0.39, 0.29) is 40.3 Å². The Labute approximate surface area is 163 Å². The van der Waals surface area contributed by atoms with E-state index in [0.29, 0.717) is 6.61 Å². The molecule has 2 aliphatic heterocycles. The number of aliphatic hydroxyl groups is 1. The van der Waals surface area contributed by atoms with Crippen molar-refractivity contribution in [3.63, 3.8) is 0 Å². The van der Waals surface area contributed by atoms with Crippen LogP contribution >= 0.6 is 0 Å². The Kier molecular flexibility index (Phi) is 4.49. The molecule has 1 unspecified atom stereocenters. The summed E-state index contributed by atoms with van der Waals surface area (Å²) in [5.41, 5.74) is -0.846. The lowest BCUT2D eigenvalue weighted by Crippen LogP contribution is -2.67. The Bertz CT molecular complexity index is 618. The van der Waals surface area contributed by atoms with Gasteiger partial charge in [-0.25, -0.2) is 0 Å². The highest BCUT2D eigenvalue weighted by Gasteiger charge is 2.71. The van der Waals surface area contributed by atoms with Crippen LogP contribution in [0.5, 0.6) is 0 Å². The van der Waals surface area contributed by atoms with E-state index in [4.69, 9.17) is 14.2 Å². The van der Waals surface area contributed by atoms with Crippen molar-refractivity contribution >= 4 is 5.97 Å². The van der Waals surface area contributed by atoms with Gasteiger partial charge >= 0.3 is 5.97 Å². The van der Waals surface area contributed by atoms with Gasteiger partial charge in [0.25, 0.3) is 0 Å². The zero-order valence-corrected chi connectivity index (χ0v) is 17.5. The Morgan fingerprint density at radius 1 is 1.11 bits per heavy atom. The number of hydrogen-bond donors (Lipinski definition) is 1. The molecular weight excluding hydrogens is 344 g/mol. The van der Waals surface area contributed by atoms with Gasteiger partial charge in [-0.1, -0.05) is 34.1 Å². The fourth-order valence-corrected chi connectivity index (χ4v) is 7.62. The van der Waals surface area contributed by atoms with Crippen LogP contribution in [0.4, 0.5) is 0 Å². The van der Waals surface area contributed by atoms with Crippen LogP contribution in [-0.4, -0.2) is 41.3 Å². The molecule has 2 saturated carbocycles. The summed E-state index contributed by atoms with van der Waals surface area (Å²) in [7, 11) is 0. The second-order valence-corrected chi connectivity index (χ2v) is 10.6. The van der Waals surface area contributed by atoms with Gasteiger partial charge in [0.15, 0.2) is 6.29 Å². The Balaban J connectivity index is 1.76. The molecule has 4 fully saturated rings. The quantitative estimate of drug-likeness (QED) is 0.701. The SMILES string of the molecule is CC(=O)O[C@@H]1C[C@@H](C)[C@]2(CC[C@@]3(CCOC3O)O2)[C@@]2(C)CCCC(C)(C)[C@H]12. The van der Waals surface area contributed by atoms with Crippen molar-refractivity contribution in [3.05, 3.63) is 0 Å². The first kappa shape index (κ1) is 19.7. The lowest BCUT2D eigenvalue weighted by molar-refractivity contribution is -0.291. The van der Waals surface area contributed by atoms with E-state index in [1.165, 1.54) is 6.92 Å². The second kappa shape index (κ2) is 6.17. The molecule has 2 saturated heterocycles. The van der Waals surface area contributed by atoms with E-state index >= 15 is 0 Å². The van der Waals surface area contributed by atoms with Gasteiger partial charge in [0, 0.05) is 24.7 Å². The molecule has 2 aliphatic carbocycles. The molecule has 5 nitrogen and oxygen atoms in total. The number of esters is 1. The van der Waals surface area contributed by atoms with E-state index in [2.05, 4.69) is 27.7 Å². The van der Waals surface area contributed by atoms with Crippen molar-refractivity contribution in [2.75, 3.05) is 6.61 Å².